The number of hydrogen-bond donors (Lipinski definition) is 1. The van der Waals surface area contributed by atoms with Crippen LogP contribution in [0.15, 0.2) is 190 Å². The van der Waals surface area contributed by atoms with Crippen molar-refractivity contribution in [3.05, 3.63) is 193 Å². The van der Waals surface area contributed by atoms with E-state index in [2.05, 4.69) is 145 Å². The molecule has 4 heteroatoms. The Morgan fingerprint density at radius 1 is 0.449 bits per heavy atom. The molecule has 1 aliphatic heterocycles. The summed E-state index contributed by atoms with van der Waals surface area (Å²) in [5.74, 6) is 1.46. The second kappa shape index (κ2) is 12.3. The summed E-state index contributed by atoms with van der Waals surface area (Å²) in [4.78, 5) is 10.3. The highest BCUT2D eigenvalue weighted by molar-refractivity contribution is 6.15. The van der Waals surface area contributed by atoms with Crippen molar-refractivity contribution in [3.8, 4) is 33.4 Å². The Morgan fingerprint density at radius 2 is 0.980 bits per heavy atom. The fraction of sp³-hybridized carbons (Fsp3) is 0.0222. The van der Waals surface area contributed by atoms with Crippen LogP contribution in [0.5, 0.6) is 0 Å². The molecule has 0 radical (unpaired) electrons. The molecule has 0 fully saturated rings. The van der Waals surface area contributed by atoms with E-state index in [4.69, 9.17) is 14.4 Å². The number of rotatable bonds is 6. The van der Waals surface area contributed by atoms with Crippen molar-refractivity contribution in [2.24, 2.45) is 9.98 Å². The molecule has 0 aliphatic carbocycles. The van der Waals surface area contributed by atoms with E-state index in [9.17, 15) is 0 Å². The maximum absolute atomic E-state index is 6.58. The molecule has 1 unspecified atom stereocenters. The van der Waals surface area contributed by atoms with Gasteiger partial charge in [-0.25, -0.2) is 9.98 Å². The molecule has 8 aromatic rings. The van der Waals surface area contributed by atoms with Crippen molar-refractivity contribution in [1.82, 2.24) is 5.32 Å². The molecule has 1 aromatic heterocycles. The summed E-state index contributed by atoms with van der Waals surface area (Å²) in [5, 5.41) is 5.83. The summed E-state index contributed by atoms with van der Waals surface area (Å²) in [7, 11) is 0. The first-order valence-electron chi connectivity index (χ1n) is 16.5. The minimum absolute atomic E-state index is 0.394. The largest absolute Gasteiger partial charge is 0.455 e. The molecule has 0 saturated heterocycles. The third-order valence-electron chi connectivity index (χ3n) is 9.19. The summed E-state index contributed by atoms with van der Waals surface area (Å²) in [5.41, 5.74) is 11.6. The van der Waals surface area contributed by atoms with Crippen LogP contribution in [0.2, 0.25) is 0 Å². The Balaban J connectivity index is 1.15. The Kier molecular flexibility index (Phi) is 7.17. The van der Waals surface area contributed by atoms with Gasteiger partial charge in [0.2, 0.25) is 0 Å². The topological polar surface area (TPSA) is 49.9 Å². The van der Waals surface area contributed by atoms with Crippen LogP contribution in [-0.2, 0) is 0 Å². The monoisotopic (exact) mass is 629 g/mol. The fourth-order valence-corrected chi connectivity index (χ4v) is 6.81. The van der Waals surface area contributed by atoms with Crippen molar-refractivity contribution >= 4 is 33.6 Å². The van der Waals surface area contributed by atoms with Crippen LogP contribution >= 0.6 is 0 Å². The zero-order valence-corrected chi connectivity index (χ0v) is 26.6. The molecule has 1 atom stereocenters. The highest BCUT2D eigenvalue weighted by Crippen LogP contribution is 2.41. The molecular weight excluding hydrogens is 599 g/mol. The van der Waals surface area contributed by atoms with Gasteiger partial charge in [-0.1, -0.05) is 170 Å². The number of aliphatic imine (C=N–C) groups is 2. The lowest BCUT2D eigenvalue weighted by molar-refractivity contribution is 0.663. The number of amidine groups is 2. The number of hydrogen-bond acceptors (Lipinski definition) is 4. The van der Waals surface area contributed by atoms with Gasteiger partial charge < -0.3 is 9.73 Å². The summed E-state index contributed by atoms with van der Waals surface area (Å²) >= 11 is 0. The van der Waals surface area contributed by atoms with Crippen LogP contribution in [0.3, 0.4) is 0 Å². The smallest absolute Gasteiger partial charge is 0.159 e. The maximum atomic E-state index is 6.58. The van der Waals surface area contributed by atoms with Crippen LogP contribution in [0.4, 0.5) is 0 Å². The predicted molar refractivity (Wildman–Crippen MR) is 202 cm³/mol. The van der Waals surface area contributed by atoms with Gasteiger partial charge in [0.05, 0.1) is 0 Å². The molecule has 0 spiro atoms. The van der Waals surface area contributed by atoms with E-state index in [1.807, 2.05) is 36.4 Å². The summed E-state index contributed by atoms with van der Waals surface area (Å²) in [6.45, 7) is 0. The molecule has 9 rings (SSSR count). The second-order valence-corrected chi connectivity index (χ2v) is 12.2. The molecule has 0 amide bonds. The quantitative estimate of drug-likeness (QED) is 0.199. The number of nitrogens with zero attached hydrogens (tertiary/aromatic N) is 2. The fourth-order valence-electron chi connectivity index (χ4n) is 6.81. The molecule has 1 N–H and O–H groups in total. The van der Waals surface area contributed by atoms with Gasteiger partial charge >= 0.3 is 0 Å². The van der Waals surface area contributed by atoms with E-state index in [-0.39, 0.29) is 0 Å². The van der Waals surface area contributed by atoms with Gasteiger partial charge in [0.25, 0.3) is 0 Å². The van der Waals surface area contributed by atoms with Gasteiger partial charge in [-0.2, -0.15) is 0 Å². The van der Waals surface area contributed by atoms with Gasteiger partial charge in [0.1, 0.15) is 23.2 Å². The lowest BCUT2D eigenvalue weighted by atomic mass is 9.94. The van der Waals surface area contributed by atoms with Crippen molar-refractivity contribution in [2.45, 2.75) is 6.17 Å². The number of fused-ring (bicyclic) bond motifs is 3. The Bertz CT molecular complexity index is 2500. The zero-order chi connectivity index (χ0) is 32.6. The van der Waals surface area contributed by atoms with Crippen LogP contribution in [0, 0.1) is 0 Å². The van der Waals surface area contributed by atoms with E-state index in [1.54, 1.807) is 0 Å². The zero-order valence-electron chi connectivity index (χ0n) is 26.6. The first kappa shape index (κ1) is 28.7. The summed E-state index contributed by atoms with van der Waals surface area (Å²) in [6, 6.07) is 60.9. The van der Waals surface area contributed by atoms with Crippen molar-refractivity contribution in [1.29, 1.82) is 0 Å². The lowest BCUT2D eigenvalue weighted by Crippen LogP contribution is -2.33. The number of benzene rings is 7. The minimum atomic E-state index is -0.394. The van der Waals surface area contributed by atoms with Crippen molar-refractivity contribution in [2.75, 3.05) is 0 Å². The third-order valence-corrected chi connectivity index (χ3v) is 9.19. The molecule has 2 heterocycles. The molecule has 7 aromatic carbocycles. The second-order valence-electron chi connectivity index (χ2n) is 12.2. The average molecular weight is 630 g/mol. The number of furan rings is 1. The van der Waals surface area contributed by atoms with Crippen molar-refractivity contribution < 1.29 is 4.42 Å². The van der Waals surface area contributed by atoms with E-state index >= 15 is 0 Å². The first-order chi connectivity index (χ1) is 24.3. The Morgan fingerprint density at radius 3 is 1.65 bits per heavy atom. The van der Waals surface area contributed by atoms with E-state index < -0.39 is 6.17 Å². The predicted octanol–water partition coefficient (Wildman–Crippen LogP) is 11.1. The van der Waals surface area contributed by atoms with E-state index in [0.717, 1.165) is 61.2 Å². The van der Waals surface area contributed by atoms with Crippen LogP contribution < -0.4 is 5.32 Å². The van der Waals surface area contributed by atoms with Gasteiger partial charge in [0, 0.05) is 33.0 Å². The molecular formula is C45H31N3O. The lowest BCUT2D eigenvalue weighted by Gasteiger charge is -2.24. The minimum Gasteiger partial charge on any atom is -0.455 e. The van der Waals surface area contributed by atoms with Crippen LogP contribution in [0.1, 0.15) is 22.9 Å². The SMILES string of the molecule is c1ccc(C2=NC(c3ccc(-c4ccccc4)c4oc5ccccc5c34)NC(c3ccc(-c4ccccc4-c4ccccc4)cc3)=N2)cc1. The highest BCUT2D eigenvalue weighted by Gasteiger charge is 2.26. The average Bonchev–Trinajstić information content (AvgIpc) is 3.58. The molecule has 232 valence electrons. The van der Waals surface area contributed by atoms with Crippen LogP contribution in [-0.4, -0.2) is 11.7 Å². The highest BCUT2D eigenvalue weighted by atomic mass is 16.3. The van der Waals surface area contributed by atoms with Gasteiger partial charge in [-0.15, -0.1) is 0 Å². The van der Waals surface area contributed by atoms with Gasteiger partial charge in [-0.3, -0.25) is 0 Å². The number of para-hydroxylation sites is 1. The number of nitrogens with one attached hydrogen (secondary N) is 1. The molecule has 0 saturated carbocycles. The maximum Gasteiger partial charge on any atom is 0.159 e. The third kappa shape index (κ3) is 5.30. The van der Waals surface area contributed by atoms with Gasteiger partial charge in [0.15, 0.2) is 5.84 Å². The van der Waals surface area contributed by atoms with Gasteiger partial charge in [-0.05, 0) is 33.9 Å². The summed E-state index contributed by atoms with van der Waals surface area (Å²) < 4.78 is 6.58. The summed E-state index contributed by atoms with van der Waals surface area (Å²) in [6.07, 6.45) is -0.394. The molecule has 4 nitrogen and oxygen atoms in total. The van der Waals surface area contributed by atoms with Crippen LogP contribution in [0.25, 0.3) is 55.3 Å². The molecule has 1 aliphatic rings. The van der Waals surface area contributed by atoms with E-state index in [0.29, 0.717) is 5.84 Å². The molecule has 0 bridgehead atoms. The molecule has 49 heavy (non-hydrogen) atoms. The standard InChI is InChI=1S/C45H31N3O/c1-4-14-30(15-5-1)35-20-10-11-21-36(35)32-24-26-34(27-25-32)44-46-43(33-18-8-3-9-19-33)47-45(48-44)39-29-28-37(31-16-6-2-7-17-31)42-41(39)38-22-12-13-23-40(38)49-42/h1-29,45H,(H,46,47,48). The Hall–Kier alpha value is -6.52. The first-order valence-corrected chi connectivity index (χ1v) is 16.5. The van der Waals surface area contributed by atoms with Crippen molar-refractivity contribution in [3.63, 3.8) is 0 Å². The Labute approximate surface area is 284 Å². The van der Waals surface area contributed by atoms with E-state index in [1.165, 1.54) is 16.7 Å². The normalized spacial score (nSPS) is 14.3.